The first-order chi connectivity index (χ1) is 8.56. The van der Waals surface area contributed by atoms with Crippen LogP contribution in [0.15, 0.2) is 30.3 Å². The van der Waals surface area contributed by atoms with Crippen molar-refractivity contribution < 1.29 is 12.6 Å². The lowest BCUT2D eigenvalue weighted by molar-refractivity contribution is 0.313. The molecule has 0 aliphatic carbocycles. The smallest absolute Gasteiger partial charge is 0.264 e. The molecule has 2 atom stereocenters. The van der Waals surface area contributed by atoms with Crippen LogP contribution in [0.1, 0.15) is 19.3 Å². The van der Waals surface area contributed by atoms with E-state index in [2.05, 4.69) is 24.3 Å². The summed E-state index contributed by atoms with van der Waals surface area (Å²) in [4.78, 5) is 0. The summed E-state index contributed by atoms with van der Waals surface area (Å²) in [5, 5.41) is 1.44. The van der Waals surface area contributed by atoms with Crippen LogP contribution in [-0.2, 0) is 14.3 Å². The Bertz CT molecular complexity index is 472. The van der Waals surface area contributed by atoms with Crippen molar-refractivity contribution in [2.75, 3.05) is 19.0 Å². The molecule has 0 amide bonds. The second-order valence-corrected chi connectivity index (χ2v) is 8.92. The number of benzene rings is 1. The zero-order chi connectivity index (χ0) is 13.0. The summed E-state index contributed by atoms with van der Waals surface area (Å²) in [7, 11) is -3.42. The van der Waals surface area contributed by atoms with Crippen molar-refractivity contribution in [2.24, 2.45) is 0 Å². The molecule has 0 N–H and O–H groups in total. The van der Waals surface area contributed by atoms with E-state index in [1.165, 1.54) is 24.3 Å². The third kappa shape index (κ3) is 4.04. The Morgan fingerprint density at radius 2 is 2.06 bits per heavy atom. The van der Waals surface area contributed by atoms with Crippen LogP contribution in [0.2, 0.25) is 0 Å². The first-order valence-electron chi connectivity index (χ1n) is 6.22. The van der Waals surface area contributed by atoms with Crippen LogP contribution in [0.3, 0.4) is 0 Å². The van der Waals surface area contributed by atoms with Crippen LogP contribution in [-0.4, -0.2) is 33.1 Å². The molecule has 0 radical (unpaired) electrons. The molecule has 2 unspecified atom stereocenters. The lowest BCUT2D eigenvalue weighted by Gasteiger charge is -2.20. The molecule has 1 aliphatic rings. The molecule has 0 spiro atoms. The predicted molar refractivity (Wildman–Crippen MR) is 76.3 cm³/mol. The second kappa shape index (κ2) is 6.14. The van der Waals surface area contributed by atoms with E-state index in [-0.39, 0.29) is 7.92 Å². The lowest BCUT2D eigenvalue weighted by atomic mass is 10.2. The maximum Gasteiger partial charge on any atom is 0.264 e. The Balaban J connectivity index is 1.92. The van der Waals surface area contributed by atoms with Gasteiger partial charge in [0.15, 0.2) is 0 Å². The Morgan fingerprint density at radius 1 is 1.33 bits per heavy atom. The first kappa shape index (κ1) is 14.0. The summed E-state index contributed by atoms with van der Waals surface area (Å²) in [6.07, 6.45) is 5.69. The van der Waals surface area contributed by atoms with E-state index in [9.17, 15) is 8.42 Å². The molecular weight excluding hydrogens is 267 g/mol. The second-order valence-electron chi connectivity index (χ2n) is 4.64. The van der Waals surface area contributed by atoms with Gasteiger partial charge in [-0.3, -0.25) is 4.18 Å². The Hall–Kier alpha value is -0.440. The highest BCUT2D eigenvalue weighted by atomic mass is 32.2. The molecule has 18 heavy (non-hydrogen) atoms. The number of hydrogen-bond donors (Lipinski definition) is 0. The van der Waals surface area contributed by atoms with Crippen LogP contribution >= 0.6 is 7.92 Å². The Kier molecular flexibility index (Phi) is 4.77. The van der Waals surface area contributed by atoms with Gasteiger partial charge < -0.3 is 0 Å². The van der Waals surface area contributed by atoms with E-state index in [1.54, 1.807) is 0 Å². The Labute approximate surface area is 110 Å². The van der Waals surface area contributed by atoms with Crippen LogP contribution in [0.4, 0.5) is 0 Å². The summed E-state index contributed by atoms with van der Waals surface area (Å²) in [5.74, 6) is 0. The van der Waals surface area contributed by atoms with E-state index >= 15 is 0 Å². The van der Waals surface area contributed by atoms with Crippen LogP contribution in [0, 0.1) is 0 Å². The molecule has 0 bridgehead atoms. The summed E-state index contributed by atoms with van der Waals surface area (Å²) in [6, 6.07) is 10.6. The lowest BCUT2D eigenvalue weighted by Crippen LogP contribution is -2.14. The maximum absolute atomic E-state index is 10.9. The largest absolute Gasteiger partial charge is 0.270 e. The highest BCUT2D eigenvalue weighted by Gasteiger charge is 2.27. The van der Waals surface area contributed by atoms with Gasteiger partial charge in [-0.15, -0.1) is 0 Å². The monoisotopic (exact) mass is 286 g/mol. The van der Waals surface area contributed by atoms with Crippen LogP contribution < -0.4 is 5.30 Å². The molecule has 1 aromatic carbocycles. The molecule has 0 saturated carbocycles. The van der Waals surface area contributed by atoms with Gasteiger partial charge in [0.05, 0.1) is 12.9 Å². The zero-order valence-electron chi connectivity index (χ0n) is 10.6. The van der Waals surface area contributed by atoms with Gasteiger partial charge in [-0.25, -0.2) is 0 Å². The van der Waals surface area contributed by atoms with E-state index in [0.29, 0.717) is 12.3 Å². The average molecular weight is 286 g/mol. The van der Waals surface area contributed by atoms with E-state index in [0.717, 1.165) is 12.7 Å². The normalized spacial score (nSPS) is 24.3. The topological polar surface area (TPSA) is 43.4 Å². The van der Waals surface area contributed by atoms with E-state index in [1.807, 2.05) is 6.07 Å². The molecule has 1 fully saturated rings. The van der Waals surface area contributed by atoms with Gasteiger partial charge in [0, 0.05) is 0 Å². The Morgan fingerprint density at radius 3 is 2.72 bits per heavy atom. The summed E-state index contributed by atoms with van der Waals surface area (Å²) < 4.78 is 26.7. The van der Waals surface area contributed by atoms with Gasteiger partial charge in [-0.1, -0.05) is 38.3 Å². The molecule has 0 aromatic heterocycles. The molecule has 3 nitrogen and oxygen atoms in total. The van der Waals surface area contributed by atoms with Gasteiger partial charge in [-0.2, -0.15) is 8.42 Å². The van der Waals surface area contributed by atoms with Crippen molar-refractivity contribution in [1.82, 2.24) is 0 Å². The van der Waals surface area contributed by atoms with Crippen molar-refractivity contribution in [2.45, 2.75) is 24.9 Å². The molecule has 1 aliphatic heterocycles. The molecule has 2 rings (SSSR count). The van der Waals surface area contributed by atoms with E-state index in [4.69, 9.17) is 4.18 Å². The molecule has 5 heteroatoms. The van der Waals surface area contributed by atoms with Gasteiger partial charge in [0.2, 0.25) is 0 Å². The van der Waals surface area contributed by atoms with Crippen molar-refractivity contribution in [3.05, 3.63) is 30.3 Å². The minimum absolute atomic E-state index is 0.126. The van der Waals surface area contributed by atoms with E-state index < -0.39 is 10.1 Å². The van der Waals surface area contributed by atoms with Crippen molar-refractivity contribution in [3.8, 4) is 0 Å². The third-order valence-electron chi connectivity index (χ3n) is 3.21. The molecule has 1 heterocycles. The highest BCUT2D eigenvalue weighted by molar-refractivity contribution is 7.86. The number of hydrogen-bond acceptors (Lipinski definition) is 3. The SMILES string of the molecule is CS(=O)(=O)OCCC1CCCP1c1ccccc1. The first-order valence-corrected chi connectivity index (χ1v) is 9.63. The maximum atomic E-state index is 10.9. The average Bonchev–Trinajstić information content (AvgIpc) is 2.77. The molecule has 100 valence electrons. The van der Waals surface area contributed by atoms with Crippen molar-refractivity contribution >= 4 is 23.3 Å². The number of rotatable bonds is 5. The highest BCUT2D eigenvalue weighted by Crippen LogP contribution is 2.50. The fraction of sp³-hybridized carbons (Fsp3) is 0.538. The molecule has 1 aromatic rings. The molecule has 1 saturated heterocycles. The van der Waals surface area contributed by atoms with Crippen molar-refractivity contribution in [3.63, 3.8) is 0 Å². The minimum Gasteiger partial charge on any atom is -0.270 e. The quantitative estimate of drug-likeness (QED) is 0.616. The van der Waals surface area contributed by atoms with Crippen LogP contribution in [0.5, 0.6) is 0 Å². The van der Waals surface area contributed by atoms with Crippen LogP contribution in [0.25, 0.3) is 0 Å². The minimum atomic E-state index is -3.29. The van der Waals surface area contributed by atoms with Gasteiger partial charge >= 0.3 is 0 Å². The molecular formula is C13H19O3PS. The fourth-order valence-corrected chi connectivity index (χ4v) is 5.86. The van der Waals surface area contributed by atoms with Gasteiger partial charge in [0.1, 0.15) is 0 Å². The fourth-order valence-electron chi connectivity index (χ4n) is 2.43. The predicted octanol–water partition coefficient (Wildman–Crippen LogP) is 2.32. The zero-order valence-corrected chi connectivity index (χ0v) is 12.3. The summed E-state index contributed by atoms with van der Waals surface area (Å²) >= 11 is 0. The summed E-state index contributed by atoms with van der Waals surface area (Å²) in [6.45, 7) is 0.329. The third-order valence-corrected chi connectivity index (χ3v) is 6.97. The van der Waals surface area contributed by atoms with Crippen molar-refractivity contribution in [1.29, 1.82) is 0 Å². The van der Waals surface area contributed by atoms with Gasteiger partial charge in [0.25, 0.3) is 10.1 Å². The van der Waals surface area contributed by atoms with Gasteiger partial charge in [-0.05, 0) is 36.4 Å². The summed E-state index contributed by atoms with van der Waals surface area (Å²) in [5.41, 5.74) is 0.615. The standard InChI is InChI=1S/C13H19O3PS/c1-18(14,15)16-10-9-13-8-5-11-17(13)12-6-3-2-4-7-12/h2-4,6-7,13H,5,8-11H2,1H3.